The van der Waals surface area contributed by atoms with Crippen LogP contribution in [0.2, 0.25) is 0 Å². The Morgan fingerprint density at radius 1 is 1.08 bits per heavy atom. The lowest BCUT2D eigenvalue weighted by Crippen LogP contribution is -2.29. The monoisotopic (exact) mass is 503 g/mol. The van der Waals surface area contributed by atoms with Crippen LogP contribution in [0.1, 0.15) is 17.2 Å². The number of fused-ring (bicyclic) bond motifs is 1. The van der Waals surface area contributed by atoms with Gasteiger partial charge in [0, 0.05) is 25.3 Å². The molecule has 1 N–H and O–H groups in total. The number of carbonyl (C=O) groups is 2. The van der Waals surface area contributed by atoms with E-state index >= 15 is 0 Å². The summed E-state index contributed by atoms with van der Waals surface area (Å²) in [5.74, 6) is -1.89. The van der Waals surface area contributed by atoms with Gasteiger partial charge in [-0.3, -0.25) is 14.5 Å². The van der Waals surface area contributed by atoms with Crippen molar-refractivity contribution in [2.75, 3.05) is 31.0 Å². The van der Waals surface area contributed by atoms with Crippen molar-refractivity contribution in [3.05, 3.63) is 89.2 Å². The summed E-state index contributed by atoms with van der Waals surface area (Å²) >= 11 is 1.11. The predicted molar refractivity (Wildman–Crippen MR) is 138 cm³/mol. The maximum absolute atomic E-state index is 13.8. The third-order valence-corrected chi connectivity index (χ3v) is 7.08. The standard InChI is InChI=1S/C27H22FN3O4S/c1-30(2)18-10-7-15(8-11-18)23-22(24(32)16-5-4-6-19(13-16)35-3)25(33)26(34)31(23)27-29-20-12-9-17(28)14-21(20)36-27/h4-14,23,32H,1-3H3. The predicted octanol–water partition coefficient (Wildman–Crippen LogP) is 5.14. The van der Waals surface area contributed by atoms with Crippen LogP contribution in [0.15, 0.2) is 72.3 Å². The second-order valence-corrected chi connectivity index (χ2v) is 9.50. The van der Waals surface area contributed by atoms with Gasteiger partial charge in [0.15, 0.2) is 5.13 Å². The molecule has 2 heterocycles. The molecular formula is C27H22FN3O4S. The summed E-state index contributed by atoms with van der Waals surface area (Å²) in [6.07, 6.45) is 0. The zero-order valence-electron chi connectivity index (χ0n) is 19.7. The molecule has 1 amide bonds. The SMILES string of the molecule is COc1cccc(C(O)=C2C(=O)C(=O)N(c3nc4ccc(F)cc4s3)C2c2ccc(N(C)C)cc2)c1. The van der Waals surface area contributed by atoms with Crippen LogP contribution in [0, 0.1) is 5.82 Å². The van der Waals surface area contributed by atoms with Crippen molar-refractivity contribution >= 4 is 49.8 Å². The molecule has 1 aliphatic heterocycles. The molecule has 0 aliphatic carbocycles. The summed E-state index contributed by atoms with van der Waals surface area (Å²) in [5, 5.41) is 11.5. The maximum atomic E-state index is 13.8. The molecular weight excluding hydrogens is 481 g/mol. The van der Waals surface area contributed by atoms with E-state index in [1.165, 1.54) is 30.2 Å². The Morgan fingerprint density at radius 2 is 1.83 bits per heavy atom. The third-order valence-electron chi connectivity index (χ3n) is 6.06. The normalized spacial score (nSPS) is 17.1. The fourth-order valence-electron chi connectivity index (χ4n) is 4.22. The third kappa shape index (κ3) is 3.97. The Kier molecular flexibility index (Phi) is 5.93. The number of carbonyl (C=O) groups excluding carboxylic acids is 2. The van der Waals surface area contributed by atoms with Crippen molar-refractivity contribution in [3.63, 3.8) is 0 Å². The molecule has 1 saturated heterocycles. The molecule has 1 fully saturated rings. The number of nitrogens with zero attached hydrogens (tertiary/aromatic N) is 3. The van der Waals surface area contributed by atoms with Crippen LogP contribution in [0.5, 0.6) is 5.75 Å². The van der Waals surface area contributed by atoms with Crippen LogP contribution in [0.3, 0.4) is 0 Å². The van der Waals surface area contributed by atoms with E-state index in [-0.39, 0.29) is 16.5 Å². The number of rotatable bonds is 5. The quantitative estimate of drug-likeness (QED) is 0.231. The number of thiazole rings is 1. The summed E-state index contributed by atoms with van der Waals surface area (Å²) in [6, 6.07) is 17.2. The first-order chi connectivity index (χ1) is 17.3. The van der Waals surface area contributed by atoms with Crippen molar-refractivity contribution in [1.29, 1.82) is 0 Å². The van der Waals surface area contributed by atoms with Crippen LogP contribution < -0.4 is 14.5 Å². The largest absolute Gasteiger partial charge is 0.507 e. The first-order valence-corrected chi connectivity index (χ1v) is 11.9. The van der Waals surface area contributed by atoms with E-state index < -0.39 is 23.5 Å². The maximum Gasteiger partial charge on any atom is 0.301 e. The smallest absolute Gasteiger partial charge is 0.301 e. The Morgan fingerprint density at radius 3 is 2.53 bits per heavy atom. The van der Waals surface area contributed by atoms with Gasteiger partial charge >= 0.3 is 5.91 Å². The van der Waals surface area contributed by atoms with E-state index in [0.717, 1.165) is 17.0 Å². The number of hydrogen-bond acceptors (Lipinski definition) is 7. The number of anilines is 2. The second-order valence-electron chi connectivity index (χ2n) is 8.50. The lowest BCUT2D eigenvalue weighted by molar-refractivity contribution is -0.132. The molecule has 1 aliphatic rings. The molecule has 3 aromatic carbocycles. The summed E-state index contributed by atoms with van der Waals surface area (Å²) in [4.78, 5) is 34.4. The van der Waals surface area contributed by atoms with Crippen LogP contribution in [-0.2, 0) is 9.59 Å². The minimum atomic E-state index is -0.933. The van der Waals surface area contributed by atoms with Gasteiger partial charge in [0.2, 0.25) is 0 Å². The fraction of sp³-hybridized carbons (Fsp3) is 0.148. The van der Waals surface area contributed by atoms with Gasteiger partial charge < -0.3 is 14.7 Å². The van der Waals surface area contributed by atoms with E-state index in [4.69, 9.17) is 4.74 Å². The average Bonchev–Trinajstić information content (AvgIpc) is 3.41. The van der Waals surface area contributed by atoms with Crippen molar-refractivity contribution < 1.29 is 23.8 Å². The zero-order valence-corrected chi connectivity index (χ0v) is 20.5. The number of ketones is 1. The Balaban J connectivity index is 1.72. The number of amides is 1. The van der Waals surface area contributed by atoms with E-state index in [1.54, 1.807) is 24.3 Å². The number of methoxy groups -OCH3 is 1. The molecule has 182 valence electrons. The molecule has 0 bridgehead atoms. The van der Waals surface area contributed by atoms with E-state index in [2.05, 4.69) is 4.98 Å². The summed E-state index contributed by atoms with van der Waals surface area (Å²) in [5.41, 5.74) is 2.34. The number of Topliss-reactive ketones (excluding diaryl/α,β-unsaturated/α-hetero) is 1. The molecule has 5 rings (SSSR count). The number of halogens is 1. The molecule has 7 nitrogen and oxygen atoms in total. The number of hydrogen-bond donors (Lipinski definition) is 1. The summed E-state index contributed by atoms with van der Waals surface area (Å²) < 4.78 is 19.6. The van der Waals surface area contributed by atoms with E-state index in [1.807, 2.05) is 43.3 Å². The van der Waals surface area contributed by atoms with E-state index in [0.29, 0.717) is 27.1 Å². The molecule has 36 heavy (non-hydrogen) atoms. The summed E-state index contributed by atoms with van der Waals surface area (Å²) in [6.45, 7) is 0. The van der Waals surface area contributed by atoms with Gasteiger partial charge in [-0.2, -0.15) is 0 Å². The van der Waals surface area contributed by atoms with Gasteiger partial charge in [-0.1, -0.05) is 35.6 Å². The first-order valence-electron chi connectivity index (χ1n) is 11.1. The number of aliphatic hydroxyl groups excluding tert-OH is 1. The Labute approximate surface area is 210 Å². The number of benzene rings is 3. The van der Waals surface area contributed by atoms with Crippen LogP contribution in [-0.4, -0.2) is 43.0 Å². The molecule has 4 aromatic rings. The van der Waals surface area contributed by atoms with Gasteiger partial charge in [-0.05, 0) is 48.0 Å². The highest BCUT2D eigenvalue weighted by Gasteiger charge is 2.48. The number of aromatic nitrogens is 1. The van der Waals surface area contributed by atoms with Crippen molar-refractivity contribution in [3.8, 4) is 5.75 Å². The Hall–Kier alpha value is -4.24. The van der Waals surface area contributed by atoms with Gasteiger partial charge in [0.1, 0.15) is 17.3 Å². The molecule has 0 saturated carbocycles. The van der Waals surface area contributed by atoms with Crippen molar-refractivity contribution in [2.45, 2.75) is 6.04 Å². The first kappa shape index (κ1) is 23.5. The highest BCUT2D eigenvalue weighted by atomic mass is 32.1. The van der Waals surface area contributed by atoms with Crippen molar-refractivity contribution in [2.24, 2.45) is 0 Å². The summed E-state index contributed by atoms with van der Waals surface area (Å²) in [7, 11) is 5.31. The van der Waals surface area contributed by atoms with Crippen LogP contribution in [0.25, 0.3) is 16.0 Å². The van der Waals surface area contributed by atoms with Gasteiger partial charge in [0.05, 0.1) is 28.9 Å². The second kappa shape index (κ2) is 9.09. The van der Waals surface area contributed by atoms with Gasteiger partial charge in [0.25, 0.3) is 5.78 Å². The molecule has 1 atom stereocenters. The van der Waals surface area contributed by atoms with Crippen molar-refractivity contribution in [1.82, 2.24) is 4.98 Å². The van der Waals surface area contributed by atoms with Gasteiger partial charge in [-0.15, -0.1) is 0 Å². The topological polar surface area (TPSA) is 83.0 Å². The molecule has 1 aromatic heterocycles. The molecule has 1 unspecified atom stereocenters. The highest BCUT2D eigenvalue weighted by molar-refractivity contribution is 7.22. The van der Waals surface area contributed by atoms with Crippen LogP contribution in [0.4, 0.5) is 15.2 Å². The minimum absolute atomic E-state index is 0.0590. The minimum Gasteiger partial charge on any atom is -0.507 e. The highest BCUT2D eigenvalue weighted by Crippen LogP contribution is 2.44. The lowest BCUT2D eigenvalue weighted by atomic mass is 9.95. The van der Waals surface area contributed by atoms with Gasteiger partial charge in [-0.25, -0.2) is 9.37 Å². The molecule has 0 spiro atoms. The zero-order chi connectivity index (χ0) is 25.6. The van der Waals surface area contributed by atoms with E-state index in [9.17, 15) is 19.1 Å². The average molecular weight is 504 g/mol. The molecule has 0 radical (unpaired) electrons. The number of aliphatic hydroxyl groups is 1. The Bertz CT molecular complexity index is 1530. The number of ether oxygens (including phenoxy) is 1. The molecule has 9 heteroatoms. The lowest BCUT2D eigenvalue weighted by Gasteiger charge is -2.23. The van der Waals surface area contributed by atoms with Crippen LogP contribution >= 0.6 is 11.3 Å². The fourth-order valence-corrected chi connectivity index (χ4v) is 5.23.